The number of hydrogen-bond donors (Lipinski definition) is 0. The number of para-hydroxylation sites is 1. The number of rotatable bonds is 8. The number of thiazole rings is 1. The highest BCUT2D eigenvalue weighted by atomic mass is 32.1. The van der Waals surface area contributed by atoms with Crippen molar-refractivity contribution >= 4 is 34.3 Å². The molecule has 9 nitrogen and oxygen atoms in total. The maximum atomic E-state index is 14.3. The summed E-state index contributed by atoms with van der Waals surface area (Å²) in [5, 5.41) is 10.2. The van der Waals surface area contributed by atoms with Gasteiger partial charge < -0.3 is 18.8 Å². The molecule has 2 aromatic heterocycles. The molecule has 3 aromatic carbocycles. The van der Waals surface area contributed by atoms with E-state index in [1.807, 2.05) is 60.8 Å². The van der Waals surface area contributed by atoms with Crippen molar-refractivity contribution < 1.29 is 19.0 Å². The molecular weight excluding hydrogens is 588 g/mol. The summed E-state index contributed by atoms with van der Waals surface area (Å²) in [5.74, 6) is 0.511. The number of hydrogen-bond acceptors (Lipinski definition) is 8. The Hall–Kier alpha value is -5.40. The van der Waals surface area contributed by atoms with Gasteiger partial charge in [-0.05, 0) is 55.8 Å². The topological polar surface area (TPSA) is 108 Å². The molecule has 0 aliphatic carbocycles. The number of aromatic nitrogens is 2. The van der Waals surface area contributed by atoms with E-state index in [0.717, 1.165) is 22.0 Å². The Kier molecular flexibility index (Phi) is 8.11. The number of carbonyl (C=O) groups excluding carboxylic acids is 1. The SMILES string of the molecule is CCOC(=O)C1=C(C)N=c2s/c(=C\c3cn(Cc4ccc(C#N)cc4)c4ccccc34)c(=O)n2[C@@H]1c1ccc(OC)cc1OC. The van der Waals surface area contributed by atoms with E-state index in [0.29, 0.717) is 44.2 Å². The third-order valence-electron chi connectivity index (χ3n) is 7.79. The molecule has 5 aromatic rings. The first-order valence-electron chi connectivity index (χ1n) is 14.3. The molecule has 0 fully saturated rings. The van der Waals surface area contributed by atoms with Gasteiger partial charge in [-0.25, -0.2) is 9.79 Å². The second-order valence-electron chi connectivity index (χ2n) is 10.4. The van der Waals surface area contributed by atoms with Gasteiger partial charge in [-0.1, -0.05) is 41.7 Å². The van der Waals surface area contributed by atoms with Crippen molar-refractivity contribution in [3.05, 3.63) is 126 Å². The smallest absolute Gasteiger partial charge is 0.338 e. The molecule has 0 amide bonds. The molecule has 0 saturated carbocycles. The second-order valence-corrected chi connectivity index (χ2v) is 11.5. The van der Waals surface area contributed by atoms with Crippen molar-refractivity contribution in [1.82, 2.24) is 9.13 Å². The lowest BCUT2D eigenvalue weighted by atomic mass is 9.95. The van der Waals surface area contributed by atoms with E-state index in [1.165, 1.54) is 18.4 Å². The van der Waals surface area contributed by atoms with Crippen molar-refractivity contribution in [2.75, 3.05) is 20.8 Å². The molecule has 1 aliphatic heterocycles. The summed E-state index contributed by atoms with van der Waals surface area (Å²) in [7, 11) is 3.10. The van der Waals surface area contributed by atoms with Gasteiger partial charge in [0.15, 0.2) is 4.80 Å². The van der Waals surface area contributed by atoms with Crippen LogP contribution >= 0.6 is 11.3 Å². The Morgan fingerprint density at radius 2 is 1.87 bits per heavy atom. The monoisotopic (exact) mass is 618 g/mol. The molecule has 1 aliphatic rings. The molecule has 0 bridgehead atoms. The van der Waals surface area contributed by atoms with Crippen molar-refractivity contribution in [2.45, 2.75) is 26.4 Å². The number of esters is 1. The average Bonchev–Trinajstić information content (AvgIpc) is 3.56. The lowest BCUT2D eigenvalue weighted by Gasteiger charge is -2.26. The van der Waals surface area contributed by atoms with Crippen LogP contribution in [0, 0.1) is 11.3 Å². The van der Waals surface area contributed by atoms with Gasteiger partial charge in [-0.3, -0.25) is 9.36 Å². The van der Waals surface area contributed by atoms with Gasteiger partial charge >= 0.3 is 5.97 Å². The average molecular weight is 619 g/mol. The Bertz CT molecular complexity index is 2200. The van der Waals surface area contributed by atoms with Crippen LogP contribution in [-0.2, 0) is 16.1 Å². The summed E-state index contributed by atoms with van der Waals surface area (Å²) in [6.45, 7) is 4.27. The molecule has 1 atom stereocenters. The highest BCUT2D eigenvalue weighted by Crippen LogP contribution is 2.37. The Morgan fingerprint density at radius 1 is 1.09 bits per heavy atom. The maximum Gasteiger partial charge on any atom is 0.338 e. The molecule has 0 radical (unpaired) electrons. The predicted octanol–water partition coefficient (Wildman–Crippen LogP) is 4.69. The van der Waals surface area contributed by atoms with Gasteiger partial charge in [0.2, 0.25) is 0 Å². The van der Waals surface area contributed by atoms with Crippen molar-refractivity contribution in [1.29, 1.82) is 5.26 Å². The van der Waals surface area contributed by atoms with Gasteiger partial charge in [0.1, 0.15) is 17.5 Å². The highest BCUT2D eigenvalue weighted by Gasteiger charge is 2.35. The number of benzene rings is 3. The quantitative estimate of drug-likeness (QED) is 0.234. The zero-order valence-electron chi connectivity index (χ0n) is 25.2. The first kappa shape index (κ1) is 29.7. The molecule has 0 unspecified atom stereocenters. The van der Waals surface area contributed by atoms with E-state index in [2.05, 4.69) is 10.6 Å². The number of allylic oxidation sites excluding steroid dienone is 1. The van der Waals surface area contributed by atoms with Crippen molar-refractivity contribution in [2.24, 2.45) is 4.99 Å². The number of nitrogens with zero attached hydrogens (tertiary/aromatic N) is 4. The second kappa shape index (κ2) is 12.3. The van der Waals surface area contributed by atoms with E-state index in [4.69, 9.17) is 24.5 Å². The first-order chi connectivity index (χ1) is 21.9. The van der Waals surface area contributed by atoms with Crippen LogP contribution in [0.5, 0.6) is 11.5 Å². The summed E-state index contributed by atoms with van der Waals surface area (Å²) in [6, 6.07) is 22.2. The van der Waals surface area contributed by atoms with Crippen LogP contribution in [-0.4, -0.2) is 35.9 Å². The van der Waals surface area contributed by atoms with Gasteiger partial charge in [0.05, 0.1) is 48.3 Å². The van der Waals surface area contributed by atoms with Crippen LogP contribution in [0.25, 0.3) is 17.0 Å². The largest absolute Gasteiger partial charge is 0.497 e. The van der Waals surface area contributed by atoms with E-state index < -0.39 is 12.0 Å². The van der Waals surface area contributed by atoms with Crippen LogP contribution in [0.1, 0.15) is 42.1 Å². The van der Waals surface area contributed by atoms with Gasteiger partial charge in [-0.15, -0.1) is 0 Å². The molecular formula is C35H30N4O5S. The standard InChI is InChI=1S/C35H30N4O5S/c1-5-44-34(41)31-21(2)37-35-39(32(31)27-15-14-25(42-3)17-29(27)43-4)33(40)30(45-35)16-24-20-38(28-9-7-6-8-26(24)28)19-23-12-10-22(18-36)11-13-23/h6-17,20,32H,5,19H2,1-4H3/b30-16-/t32-/m1/s1. The van der Waals surface area contributed by atoms with Gasteiger partial charge in [-0.2, -0.15) is 5.26 Å². The number of methoxy groups -OCH3 is 2. The first-order valence-corrected chi connectivity index (χ1v) is 15.2. The fraction of sp³-hybridized carbons (Fsp3) is 0.200. The van der Waals surface area contributed by atoms with Crippen LogP contribution in [0.3, 0.4) is 0 Å². The highest BCUT2D eigenvalue weighted by molar-refractivity contribution is 7.07. The fourth-order valence-electron chi connectivity index (χ4n) is 5.67. The third-order valence-corrected chi connectivity index (χ3v) is 8.78. The Labute approximate surface area is 263 Å². The molecule has 6 rings (SSSR count). The van der Waals surface area contributed by atoms with Crippen LogP contribution in [0.4, 0.5) is 0 Å². The van der Waals surface area contributed by atoms with Gasteiger partial charge in [0, 0.05) is 40.8 Å². The summed E-state index contributed by atoms with van der Waals surface area (Å²) in [5.41, 5.74) is 4.64. The summed E-state index contributed by atoms with van der Waals surface area (Å²) < 4.78 is 20.7. The predicted molar refractivity (Wildman–Crippen MR) is 172 cm³/mol. The lowest BCUT2D eigenvalue weighted by molar-refractivity contribution is -0.139. The minimum Gasteiger partial charge on any atom is -0.497 e. The van der Waals surface area contributed by atoms with Crippen molar-refractivity contribution in [3.63, 3.8) is 0 Å². The Morgan fingerprint density at radius 3 is 2.58 bits per heavy atom. The van der Waals surface area contributed by atoms with Crippen molar-refractivity contribution in [3.8, 4) is 17.6 Å². The molecule has 0 saturated heterocycles. The normalized spacial score (nSPS) is 14.6. The number of fused-ring (bicyclic) bond motifs is 2. The van der Waals surface area contributed by atoms with E-state index in [1.54, 1.807) is 43.7 Å². The molecule has 10 heteroatoms. The number of ether oxygens (including phenoxy) is 3. The molecule has 3 heterocycles. The fourth-order valence-corrected chi connectivity index (χ4v) is 6.71. The number of nitriles is 1. The zero-order valence-corrected chi connectivity index (χ0v) is 26.1. The summed E-state index contributed by atoms with van der Waals surface area (Å²) in [4.78, 5) is 32.8. The maximum absolute atomic E-state index is 14.3. The molecule has 226 valence electrons. The molecule has 45 heavy (non-hydrogen) atoms. The van der Waals surface area contributed by atoms with Crippen LogP contribution in [0.2, 0.25) is 0 Å². The van der Waals surface area contributed by atoms with E-state index in [-0.39, 0.29) is 17.7 Å². The van der Waals surface area contributed by atoms with Crippen LogP contribution < -0.4 is 24.4 Å². The molecule has 0 spiro atoms. The minimum absolute atomic E-state index is 0.180. The minimum atomic E-state index is -0.818. The zero-order chi connectivity index (χ0) is 31.7. The Balaban J connectivity index is 1.52. The molecule has 0 N–H and O–H groups in total. The van der Waals surface area contributed by atoms with Crippen LogP contribution in [0.15, 0.2) is 94.0 Å². The lowest BCUT2D eigenvalue weighted by Crippen LogP contribution is -2.40. The summed E-state index contributed by atoms with van der Waals surface area (Å²) in [6.07, 6.45) is 3.91. The van der Waals surface area contributed by atoms with E-state index >= 15 is 0 Å². The van der Waals surface area contributed by atoms with E-state index in [9.17, 15) is 9.59 Å². The van der Waals surface area contributed by atoms with Gasteiger partial charge in [0.25, 0.3) is 5.56 Å². The third kappa shape index (κ3) is 5.43. The number of carbonyl (C=O) groups is 1. The summed E-state index contributed by atoms with van der Waals surface area (Å²) >= 11 is 1.27.